The van der Waals surface area contributed by atoms with Crippen LogP contribution in [0.25, 0.3) is 0 Å². The van der Waals surface area contributed by atoms with Gasteiger partial charge in [0.2, 0.25) is 10.0 Å². The molecule has 0 heterocycles. The Balaban J connectivity index is 0.00000512. The fraction of sp³-hybridized carbons (Fsp3) is 0.435. The van der Waals surface area contributed by atoms with Crippen molar-refractivity contribution in [2.24, 2.45) is 4.99 Å². The van der Waals surface area contributed by atoms with Crippen LogP contribution in [0, 0.1) is 6.92 Å². The van der Waals surface area contributed by atoms with Gasteiger partial charge in [-0.2, -0.15) is 0 Å². The van der Waals surface area contributed by atoms with Crippen molar-refractivity contribution in [3.63, 3.8) is 0 Å². The van der Waals surface area contributed by atoms with Crippen LogP contribution in [0.2, 0.25) is 0 Å². The normalized spacial score (nSPS) is 11.7. The third-order valence-electron chi connectivity index (χ3n) is 4.32. The molecule has 0 aromatic heterocycles. The summed E-state index contributed by atoms with van der Waals surface area (Å²) in [5.41, 5.74) is 2.82. The van der Waals surface area contributed by atoms with E-state index in [-0.39, 0.29) is 35.8 Å². The Kier molecular flexibility index (Phi) is 12.6. The first kappa shape index (κ1) is 28.2. The van der Waals surface area contributed by atoms with Crippen LogP contribution in [0.1, 0.15) is 37.5 Å². The van der Waals surface area contributed by atoms with Crippen LogP contribution < -0.4 is 20.1 Å². The van der Waals surface area contributed by atoms with Gasteiger partial charge < -0.3 is 15.4 Å². The molecular formula is C23H35IN4O3S. The van der Waals surface area contributed by atoms with Gasteiger partial charge >= 0.3 is 0 Å². The molecule has 0 aliphatic rings. The molecule has 2 aromatic rings. The van der Waals surface area contributed by atoms with E-state index in [4.69, 9.17) is 4.74 Å². The van der Waals surface area contributed by atoms with Gasteiger partial charge in [0.05, 0.1) is 18.8 Å². The lowest BCUT2D eigenvalue weighted by Crippen LogP contribution is -2.39. The molecule has 2 aromatic carbocycles. The second kappa shape index (κ2) is 14.3. The van der Waals surface area contributed by atoms with E-state index in [1.807, 2.05) is 76.2 Å². The molecule has 0 spiro atoms. The Bertz CT molecular complexity index is 948. The Hall–Kier alpha value is -1.85. The largest absolute Gasteiger partial charge is 0.492 e. The second-order valence-electron chi connectivity index (χ2n) is 7.58. The molecule has 0 fully saturated rings. The summed E-state index contributed by atoms with van der Waals surface area (Å²) < 4.78 is 33.0. The summed E-state index contributed by atoms with van der Waals surface area (Å²) in [4.78, 5) is 4.62. The number of sulfonamides is 1. The van der Waals surface area contributed by atoms with E-state index < -0.39 is 10.0 Å². The number of benzene rings is 2. The lowest BCUT2D eigenvalue weighted by molar-refractivity contribution is 0.322. The molecule has 0 atom stereocenters. The molecule has 178 valence electrons. The number of guanidine groups is 1. The number of ether oxygens (including phenoxy) is 1. The summed E-state index contributed by atoms with van der Waals surface area (Å²) in [5, 5.41) is 6.46. The molecule has 3 N–H and O–H groups in total. The predicted octanol–water partition coefficient (Wildman–Crippen LogP) is 3.57. The maximum Gasteiger partial charge on any atom is 0.216 e. The third kappa shape index (κ3) is 10.6. The Labute approximate surface area is 209 Å². The van der Waals surface area contributed by atoms with Gasteiger partial charge in [0.1, 0.15) is 12.4 Å². The van der Waals surface area contributed by atoms with Crippen molar-refractivity contribution in [1.82, 2.24) is 15.4 Å². The van der Waals surface area contributed by atoms with Gasteiger partial charge in [-0.3, -0.25) is 0 Å². The molecule has 0 radical (unpaired) electrons. The van der Waals surface area contributed by atoms with Crippen LogP contribution in [0.3, 0.4) is 0 Å². The minimum Gasteiger partial charge on any atom is -0.492 e. The van der Waals surface area contributed by atoms with Crippen molar-refractivity contribution in [2.75, 3.05) is 19.7 Å². The molecule has 0 aliphatic heterocycles. The molecule has 9 heteroatoms. The van der Waals surface area contributed by atoms with Crippen molar-refractivity contribution in [3.05, 3.63) is 65.2 Å². The first-order valence-electron chi connectivity index (χ1n) is 10.6. The fourth-order valence-electron chi connectivity index (χ4n) is 2.94. The minimum atomic E-state index is -3.40. The van der Waals surface area contributed by atoms with Crippen LogP contribution in [0.4, 0.5) is 0 Å². The number of nitrogens with one attached hydrogen (secondary N) is 3. The van der Waals surface area contributed by atoms with Crippen LogP contribution in [-0.2, 0) is 22.3 Å². The molecule has 0 amide bonds. The van der Waals surface area contributed by atoms with E-state index in [1.165, 1.54) is 5.56 Å². The smallest absolute Gasteiger partial charge is 0.216 e. The molecule has 0 bridgehead atoms. The molecule has 2 rings (SSSR count). The highest BCUT2D eigenvalue weighted by Crippen LogP contribution is 2.14. The quantitative estimate of drug-likeness (QED) is 0.165. The van der Waals surface area contributed by atoms with Gasteiger partial charge in [-0.25, -0.2) is 18.1 Å². The summed E-state index contributed by atoms with van der Waals surface area (Å²) in [7, 11) is -3.40. The van der Waals surface area contributed by atoms with Crippen molar-refractivity contribution >= 4 is 40.0 Å². The van der Waals surface area contributed by atoms with E-state index in [2.05, 4.69) is 20.3 Å². The summed E-state index contributed by atoms with van der Waals surface area (Å²) in [6.45, 7) is 9.85. The first-order valence-corrected chi connectivity index (χ1v) is 12.2. The topological polar surface area (TPSA) is 91.8 Å². The SMILES string of the molecule is CCNC(=NCc1ccccc1CS(=O)(=O)NC(C)C)NCCOc1ccc(C)cc1.I. The average Bonchev–Trinajstić information content (AvgIpc) is 2.70. The van der Waals surface area contributed by atoms with E-state index in [0.29, 0.717) is 25.7 Å². The minimum absolute atomic E-state index is 0. The first-order chi connectivity index (χ1) is 14.8. The lowest BCUT2D eigenvalue weighted by Gasteiger charge is -2.14. The summed E-state index contributed by atoms with van der Waals surface area (Å²) >= 11 is 0. The van der Waals surface area contributed by atoms with Crippen molar-refractivity contribution in [2.45, 2.75) is 46.0 Å². The van der Waals surface area contributed by atoms with E-state index in [0.717, 1.165) is 23.4 Å². The van der Waals surface area contributed by atoms with E-state index in [1.54, 1.807) is 0 Å². The van der Waals surface area contributed by atoms with Gasteiger partial charge in [0, 0.05) is 12.6 Å². The molecule has 0 aliphatic carbocycles. The summed E-state index contributed by atoms with van der Waals surface area (Å²) in [6.07, 6.45) is 0. The van der Waals surface area contributed by atoms with Gasteiger partial charge in [0.25, 0.3) is 0 Å². The Morgan fingerprint density at radius 3 is 2.31 bits per heavy atom. The molecule has 0 unspecified atom stereocenters. The van der Waals surface area contributed by atoms with Gasteiger partial charge in [-0.15, -0.1) is 24.0 Å². The zero-order valence-corrected chi connectivity index (χ0v) is 22.4. The van der Waals surface area contributed by atoms with Crippen LogP contribution >= 0.6 is 24.0 Å². The number of nitrogens with zero attached hydrogens (tertiary/aromatic N) is 1. The van der Waals surface area contributed by atoms with Crippen molar-refractivity contribution < 1.29 is 13.2 Å². The number of aliphatic imine (C=N–C) groups is 1. The lowest BCUT2D eigenvalue weighted by atomic mass is 10.1. The van der Waals surface area contributed by atoms with Gasteiger partial charge in [-0.05, 0) is 51.0 Å². The second-order valence-corrected chi connectivity index (χ2v) is 9.34. The highest BCUT2D eigenvalue weighted by Gasteiger charge is 2.15. The molecule has 32 heavy (non-hydrogen) atoms. The Morgan fingerprint density at radius 2 is 1.69 bits per heavy atom. The molecule has 0 saturated heterocycles. The highest BCUT2D eigenvalue weighted by atomic mass is 127. The van der Waals surface area contributed by atoms with Gasteiger partial charge in [-0.1, -0.05) is 42.0 Å². The zero-order valence-electron chi connectivity index (χ0n) is 19.2. The summed E-state index contributed by atoms with van der Waals surface area (Å²) in [6, 6.07) is 15.3. The highest BCUT2D eigenvalue weighted by molar-refractivity contribution is 14.0. The van der Waals surface area contributed by atoms with E-state index >= 15 is 0 Å². The van der Waals surface area contributed by atoms with Crippen molar-refractivity contribution in [1.29, 1.82) is 0 Å². The number of hydrogen-bond donors (Lipinski definition) is 3. The predicted molar refractivity (Wildman–Crippen MR) is 142 cm³/mol. The number of aryl methyl sites for hydroxylation is 1. The Morgan fingerprint density at radius 1 is 1.03 bits per heavy atom. The number of rotatable bonds is 11. The summed E-state index contributed by atoms with van der Waals surface area (Å²) in [5.74, 6) is 1.43. The van der Waals surface area contributed by atoms with Crippen LogP contribution in [0.5, 0.6) is 5.75 Å². The van der Waals surface area contributed by atoms with Gasteiger partial charge in [0.15, 0.2) is 5.96 Å². The molecule has 7 nitrogen and oxygen atoms in total. The van der Waals surface area contributed by atoms with Crippen LogP contribution in [0.15, 0.2) is 53.5 Å². The maximum atomic E-state index is 12.3. The van der Waals surface area contributed by atoms with Crippen LogP contribution in [-0.4, -0.2) is 40.1 Å². The third-order valence-corrected chi connectivity index (χ3v) is 5.84. The number of hydrogen-bond acceptors (Lipinski definition) is 4. The van der Waals surface area contributed by atoms with E-state index in [9.17, 15) is 8.42 Å². The monoisotopic (exact) mass is 574 g/mol. The standard InChI is InChI=1S/C23H34N4O3S.HI/c1-5-24-23(25-14-15-30-22-12-10-19(4)11-13-22)26-16-20-8-6-7-9-21(20)17-31(28,29)27-18(2)3;/h6-13,18,27H,5,14-17H2,1-4H3,(H2,24,25,26);1H. The fourth-order valence-corrected chi connectivity index (χ4v) is 4.43. The average molecular weight is 575 g/mol. The molecule has 0 saturated carbocycles. The molecular weight excluding hydrogens is 539 g/mol. The maximum absolute atomic E-state index is 12.3. The number of halogens is 1. The zero-order chi connectivity index (χ0) is 22.7. The van der Waals surface area contributed by atoms with Crippen molar-refractivity contribution in [3.8, 4) is 5.75 Å².